The van der Waals surface area contributed by atoms with E-state index in [9.17, 15) is 9.59 Å². The van der Waals surface area contributed by atoms with Gasteiger partial charge in [0.25, 0.3) is 0 Å². The van der Waals surface area contributed by atoms with Crippen LogP contribution in [0.2, 0.25) is 0 Å². The van der Waals surface area contributed by atoms with Gasteiger partial charge in [0.05, 0.1) is 24.0 Å². The van der Waals surface area contributed by atoms with Gasteiger partial charge in [0.1, 0.15) is 11.2 Å². The molecule has 0 bridgehead atoms. The van der Waals surface area contributed by atoms with Crippen LogP contribution in [0.4, 0.5) is 9.59 Å². The molecule has 206 valence electrons. The van der Waals surface area contributed by atoms with Gasteiger partial charge in [0.2, 0.25) is 0 Å². The Morgan fingerprint density at radius 3 is 1.28 bits per heavy atom. The van der Waals surface area contributed by atoms with E-state index in [0.717, 1.165) is 39.3 Å². The van der Waals surface area contributed by atoms with Crippen molar-refractivity contribution < 1.29 is 38.9 Å². The number of hydrogen-bond acceptors (Lipinski definition) is 10. The second-order valence-electron chi connectivity index (χ2n) is 11.5. The Bertz CT molecular complexity index is 741. The van der Waals surface area contributed by atoms with Gasteiger partial charge < -0.3 is 49.7 Å². The number of piperidine rings is 2. The van der Waals surface area contributed by atoms with Crippen molar-refractivity contribution in [2.24, 2.45) is 11.8 Å². The van der Waals surface area contributed by atoms with Gasteiger partial charge in [-0.25, -0.2) is 9.59 Å². The maximum absolute atomic E-state index is 11.8. The smallest absolute Gasteiger partial charge is 0.410 e. The van der Waals surface area contributed by atoms with E-state index in [0.29, 0.717) is 23.9 Å². The van der Waals surface area contributed by atoms with Crippen LogP contribution in [0.15, 0.2) is 0 Å². The maximum atomic E-state index is 11.8. The predicted molar refractivity (Wildman–Crippen MR) is 125 cm³/mol. The maximum Gasteiger partial charge on any atom is 0.410 e. The highest BCUT2D eigenvalue weighted by Crippen LogP contribution is 2.31. The summed E-state index contributed by atoms with van der Waals surface area (Å²) in [4.78, 5) is 45.1. The second kappa shape index (κ2) is 12.1. The van der Waals surface area contributed by atoms with Gasteiger partial charge in [-0.1, -0.05) is 0 Å². The quantitative estimate of drug-likeness (QED) is 0.382. The zero-order valence-electron chi connectivity index (χ0n) is 22.1. The number of amides is 2. The van der Waals surface area contributed by atoms with E-state index in [1.54, 1.807) is 0 Å². The van der Waals surface area contributed by atoms with Crippen molar-refractivity contribution in [1.29, 1.82) is 0 Å². The summed E-state index contributed by atoms with van der Waals surface area (Å²) in [7, 11) is 0. The number of carboxylic acid groups (broad SMARTS) is 2. The van der Waals surface area contributed by atoms with Crippen molar-refractivity contribution in [2.45, 2.75) is 77.7 Å². The molecule has 0 radical (unpaired) electrons. The van der Waals surface area contributed by atoms with Crippen molar-refractivity contribution in [3.63, 3.8) is 0 Å². The molecule has 0 aromatic heterocycles. The topological polar surface area (TPSA) is 163 Å². The monoisotopic (exact) mass is 512 g/mol. The van der Waals surface area contributed by atoms with E-state index in [1.807, 2.05) is 51.3 Å². The van der Waals surface area contributed by atoms with Crippen LogP contribution in [0.3, 0.4) is 0 Å². The van der Waals surface area contributed by atoms with Gasteiger partial charge in [0, 0.05) is 26.2 Å². The molecule has 2 N–H and O–H groups in total. The Balaban J connectivity index is 0.000000208. The first kappa shape index (κ1) is 29.6. The Hall–Kier alpha value is -2.60. The van der Waals surface area contributed by atoms with Crippen LogP contribution in [-0.2, 0) is 19.1 Å². The molecule has 0 saturated carbocycles. The molecule has 12 heteroatoms. The zero-order valence-corrected chi connectivity index (χ0v) is 22.1. The van der Waals surface area contributed by atoms with E-state index >= 15 is 0 Å². The van der Waals surface area contributed by atoms with Gasteiger partial charge in [0.15, 0.2) is 0 Å². The molecule has 2 amide bonds. The number of nitrogens with zero attached hydrogens (tertiary/aromatic N) is 2. The second-order valence-corrected chi connectivity index (χ2v) is 11.5. The number of fused-ring (bicyclic) bond motifs is 2. The molecule has 12 nitrogen and oxygen atoms in total. The first-order valence-electron chi connectivity index (χ1n) is 12.4. The third-order valence-corrected chi connectivity index (χ3v) is 6.26. The minimum absolute atomic E-state index is 0.160. The lowest BCUT2D eigenvalue weighted by Gasteiger charge is -2.50. The molecule has 4 heterocycles. The van der Waals surface area contributed by atoms with Crippen LogP contribution < -0.4 is 20.8 Å². The molecular formula is C24H40N4O8-2. The number of carbonyl (C=O) groups is 4. The van der Waals surface area contributed by atoms with Crippen LogP contribution in [-0.4, -0.2) is 96.5 Å². The number of carboxylic acids is 2. The van der Waals surface area contributed by atoms with E-state index < -0.39 is 11.9 Å². The molecule has 4 aliphatic rings. The summed E-state index contributed by atoms with van der Waals surface area (Å²) in [5.74, 6) is -2.98. The lowest BCUT2D eigenvalue weighted by atomic mass is 9.83. The molecule has 0 aromatic rings. The minimum Gasteiger partial charge on any atom is -0.543 e. The van der Waals surface area contributed by atoms with Crippen molar-refractivity contribution in [1.82, 2.24) is 20.4 Å². The summed E-state index contributed by atoms with van der Waals surface area (Å²) < 4.78 is 10.7. The fourth-order valence-electron chi connectivity index (χ4n) is 4.51. The Morgan fingerprint density at radius 1 is 0.694 bits per heavy atom. The van der Waals surface area contributed by atoms with Crippen molar-refractivity contribution >= 4 is 24.1 Å². The van der Waals surface area contributed by atoms with E-state index in [-0.39, 0.29) is 23.4 Å². The van der Waals surface area contributed by atoms with Crippen LogP contribution in [0.1, 0.15) is 54.4 Å². The summed E-state index contributed by atoms with van der Waals surface area (Å²) in [5, 5.41) is 24.5. The molecule has 4 atom stereocenters. The SMILES string of the molecule is CC(C)(C)OC(=O)N1CC2CCNCC21.CC(C)(C)OC(=O)N1CC2CCNCC21.O=C([O-])C(=O)[O-]. The average molecular weight is 513 g/mol. The zero-order chi connectivity index (χ0) is 27.3. The average Bonchev–Trinajstić information content (AvgIpc) is 2.68. The molecule has 4 fully saturated rings. The largest absolute Gasteiger partial charge is 0.543 e. The number of likely N-dealkylation sites (tertiary alicyclic amines) is 2. The molecule has 0 aliphatic carbocycles. The van der Waals surface area contributed by atoms with Crippen molar-refractivity contribution in [2.75, 3.05) is 39.3 Å². The summed E-state index contributed by atoms with van der Waals surface area (Å²) in [5.41, 5.74) is -0.769. The van der Waals surface area contributed by atoms with Gasteiger partial charge in [-0.3, -0.25) is 0 Å². The number of nitrogens with one attached hydrogen (secondary N) is 2. The predicted octanol–water partition coefficient (Wildman–Crippen LogP) is -1.08. The van der Waals surface area contributed by atoms with Gasteiger partial charge in [-0.15, -0.1) is 0 Å². The number of carbonyl (C=O) groups excluding carboxylic acids is 4. The van der Waals surface area contributed by atoms with Crippen LogP contribution in [0, 0.1) is 11.8 Å². The normalized spacial score (nSPS) is 26.6. The summed E-state index contributed by atoms with van der Waals surface area (Å²) in [6.45, 7) is 17.2. The Labute approximate surface area is 212 Å². The standard InChI is InChI=1S/2C11H20N2O2.C2H2O4/c2*1-11(2,3)15-10(14)13-7-8-4-5-12-6-9(8)13;3-1(4)2(5)6/h2*8-9,12H,4-7H2,1-3H3;(H,3,4)(H,5,6)/p-2. The first-order valence-corrected chi connectivity index (χ1v) is 12.4. The Kier molecular flexibility index (Phi) is 9.95. The molecular weight excluding hydrogens is 472 g/mol. The van der Waals surface area contributed by atoms with Crippen molar-refractivity contribution in [3.8, 4) is 0 Å². The third-order valence-electron chi connectivity index (χ3n) is 6.26. The minimum atomic E-state index is -2.19. The number of hydrogen-bond donors (Lipinski definition) is 2. The number of ether oxygens (including phenoxy) is 2. The molecule has 0 spiro atoms. The Morgan fingerprint density at radius 2 is 1.03 bits per heavy atom. The molecule has 4 aliphatic heterocycles. The van der Waals surface area contributed by atoms with Gasteiger partial charge >= 0.3 is 12.2 Å². The van der Waals surface area contributed by atoms with E-state index in [4.69, 9.17) is 29.3 Å². The lowest BCUT2D eigenvalue weighted by molar-refractivity contribution is -0.345. The highest BCUT2D eigenvalue weighted by Gasteiger charge is 2.45. The van der Waals surface area contributed by atoms with E-state index in [2.05, 4.69) is 10.6 Å². The number of rotatable bonds is 0. The fourth-order valence-corrected chi connectivity index (χ4v) is 4.51. The van der Waals surface area contributed by atoms with Gasteiger partial charge in [-0.05, 0) is 79.3 Å². The van der Waals surface area contributed by atoms with Crippen LogP contribution in [0.5, 0.6) is 0 Å². The van der Waals surface area contributed by atoms with E-state index in [1.165, 1.54) is 12.8 Å². The molecule has 4 unspecified atom stereocenters. The summed E-state index contributed by atoms with van der Waals surface area (Å²) in [6, 6.07) is 0.738. The van der Waals surface area contributed by atoms with Crippen molar-refractivity contribution in [3.05, 3.63) is 0 Å². The molecule has 0 aromatic carbocycles. The molecule has 36 heavy (non-hydrogen) atoms. The lowest BCUT2D eigenvalue weighted by Crippen LogP contribution is -2.65. The van der Waals surface area contributed by atoms with Crippen LogP contribution >= 0.6 is 0 Å². The molecule has 4 rings (SSSR count). The highest BCUT2D eigenvalue weighted by molar-refractivity contribution is 6.25. The van der Waals surface area contributed by atoms with Crippen LogP contribution in [0.25, 0.3) is 0 Å². The summed E-state index contributed by atoms with van der Waals surface area (Å²) in [6.07, 6.45) is 2.05. The highest BCUT2D eigenvalue weighted by atomic mass is 16.6. The first-order chi connectivity index (χ1) is 16.6. The van der Waals surface area contributed by atoms with Gasteiger partial charge in [-0.2, -0.15) is 0 Å². The number of aliphatic carboxylic acids is 2. The molecule has 4 saturated heterocycles. The third kappa shape index (κ3) is 8.81. The summed E-state index contributed by atoms with van der Waals surface area (Å²) >= 11 is 0. The fraction of sp³-hybridized carbons (Fsp3) is 0.833.